The summed E-state index contributed by atoms with van der Waals surface area (Å²) in [6, 6.07) is 20.0. The number of nitrogens with one attached hydrogen (secondary N) is 1. The maximum absolute atomic E-state index is 11.4. The second-order valence-corrected chi connectivity index (χ2v) is 5.15. The summed E-state index contributed by atoms with van der Waals surface area (Å²) >= 11 is 0. The van der Waals surface area contributed by atoms with Crippen LogP contribution in [0.15, 0.2) is 60.7 Å². The molecule has 1 saturated heterocycles. The summed E-state index contributed by atoms with van der Waals surface area (Å²) in [4.78, 5) is 0. The smallest absolute Gasteiger partial charge is 0.130 e. The standard InChI is InChI=1S/C17H19NO.BH3/c19-17(16-12-7-13-18-16,14-8-3-1-4-9-14)15-10-5-2-6-11-15;/h1-6,8-11,16,18-19H,7,12-13H2;1H3/t16-;/m0./s1. The first-order chi connectivity index (χ1) is 9.32. The van der Waals surface area contributed by atoms with Crippen molar-refractivity contribution in [2.75, 3.05) is 6.54 Å². The molecule has 3 rings (SSSR count). The Bertz CT molecular complexity index is 484. The van der Waals surface area contributed by atoms with Gasteiger partial charge in [-0.25, -0.2) is 0 Å². The molecule has 0 aromatic heterocycles. The molecule has 1 fully saturated rings. The highest BCUT2D eigenvalue weighted by Gasteiger charge is 2.41. The molecule has 3 heteroatoms. The van der Waals surface area contributed by atoms with Gasteiger partial charge < -0.3 is 10.4 Å². The average Bonchev–Trinajstić information content (AvgIpc) is 3.03. The Hall–Kier alpha value is -1.58. The molecule has 0 amide bonds. The van der Waals surface area contributed by atoms with Crippen molar-refractivity contribution in [3.8, 4) is 0 Å². The van der Waals surface area contributed by atoms with Crippen LogP contribution >= 0.6 is 0 Å². The van der Waals surface area contributed by atoms with E-state index in [0.29, 0.717) is 0 Å². The van der Waals surface area contributed by atoms with Gasteiger partial charge in [-0.1, -0.05) is 60.7 Å². The molecule has 0 bridgehead atoms. The van der Waals surface area contributed by atoms with Gasteiger partial charge >= 0.3 is 0 Å². The van der Waals surface area contributed by atoms with Crippen LogP contribution in [0.5, 0.6) is 0 Å². The van der Waals surface area contributed by atoms with Gasteiger partial charge in [0.1, 0.15) is 5.60 Å². The molecule has 2 aromatic rings. The van der Waals surface area contributed by atoms with Gasteiger partial charge in [-0.15, -0.1) is 0 Å². The molecule has 0 spiro atoms. The van der Waals surface area contributed by atoms with E-state index in [1.807, 2.05) is 60.7 Å². The van der Waals surface area contributed by atoms with Crippen molar-refractivity contribution in [2.45, 2.75) is 24.5 Å². The first-order valence-corrected chi connectivity index (χ1v) is 6.88. The zero-order chi connectivity index (χ0) is 13.1. The first-order valence-electron chi connectivity index (χ1n) is 6.88. The van der Waals surface area contributed by atoms with Crippen LogP contribution in [0.4, 0.5) is 0 Å². The number of aliphatic hydroxyl groups is 1. The molecule has 2 nitrogen and oxygen atoms in total. The molecule has 0 unspecified atom stereocenters. The number of benzene rings is 2. The predicted octanol–water partition coefficient (Wildman–Crippen LogP) is 1.49. The van der Waals surface area contributed by atoms with Crippen LogP contribution in [0.1, 0.15) is 24.0 Å². The minimum Gasteiger partial charge on any atom is -0.379 e. The van der Waals surface area contributed by atoms with Crippen molar-refractivity contribution in [1.29, 1.82) is 0 Å². The van der Waals surface area contributed by atoms with Crippen LogP contribution < -0.4 is 5.32 Å². The van der Waals surface area contributed by atoms with E-state index in [0.717, 1.165) is 30.5 Å². The quantitative estimate of drug-likeness (QED) is 0.826. The zero-order valence-electron chi connectivity index (χ0n) is 10.9. The van der Waals surface area contributed by atoms with Crippen molar-refractivity contribution in [3.05, 3.63) is 71.8 Å². The second kappa shape index (κ2) is 6.25. The Morgan fingerprint density at radius 2 is 1.40 bits per heavy atom. The van der Waals surface area contributed by atoms with E-state index in [-0.39, 0.29) is 14.5 Å². The Labute approximate surface area is 122 Å². The van der Waals surface area contributed by atoms with Gasteiger partial charge in [0, 0.05) is 6.04 Å². The fourth-order valence-electron chi connectivity index (χ4n) is 2.99. The second-order valence-electron chi connectivity index (χ2n) is 5.15. The molecule has 1 aliphatic heterocycles. The van der Waals surface area contributed by atoms with Gasteiger partial charge in [-0.05, 0) is 30.5 Å². The van der Waals surface area contributed by atoms with Gasteiger partial charge in [-0.3, -0.25) is 0 Å². The maximum atomic E-state index is 11.4. The SMILES string of the molecule is B.OC(c1ccccc1)(c1ccccc1)[C@@H]1CCCN1. The van der Waals surface area contributed by atoms with Crippen molar-refractivity contribution in [3.63, 3.8) is 0 Å². The molecule has 20 heavy (non-hydrogen) atoms. The summed E-state index contributed by atoms with van der Waals surface area (Å²) in [5, 5.41) is 14.8. The van der Waals surface area contributed by atoms with Crippen LogP contribution in [-0.4, -0.2) is 26.1 Å². The lowest BCUT2D eigenvalue weighted by atomic mass is 9.79. The highest BCUT2D eigenvalue weighted by atomic mass is 16.3. The van der Waals surface area contributed by atoms with Crippen LogP contribution in [0.2, 0.25) is 0 Å². The molecule has 0 aliphatic carbocycles. The van der Waals surface area contributed by atoms with Crippen molar-refractivity contribution in [1.82, 2.24) is 5.32 Å². The monoisotopic (exact) mass is 267 g/mol. The van der Waals surface area contributed by atoms with E-state index in [1.165, 1.54) is 0 Å². The van der Waals surface area contributed by atoms with Gasteiger partial charge in [0.25, 0.3) is 0 Å². The molecule has 1 heterocycles. The molecule has 2 aromatic carbocycles. The summed E-state index contributed by atoms with van der Waals surface area (Å²) in [6.07, 6.45) is 2.12. The normalized spacial score (nSPS) is 18.6. The third kappa shape index (κ3) is 2.51. The summed E-state index contributed by atoms with van der Waals surface area (Å²) < 4.78 is 0. The third-order valence-electron chi connectivity index (χ3n) is 3.99. The highest BCUT2D eigenvalue weighted by Crippen LogP contribution is 2.36. The minimum absolute atomic E-state index is 0. The van der Waals surface area contributed by atoms with Gasteiger partial charge in [-0.2, -0.15) is 0 Å². The Kier molecular flexibility index (Phi) is 4.63. The van der Waals surface area contributed by atoms with Crippen LogP contribution in [0.3, 0.4) is 0 Å². The van der Waals surface area contributed by atoms with E-state index in [4.69, 9.17) is 0 Å². The molecular weight excluding hydrogens is 245 g/mol. The number of rotatable bonds is 3. The van der Waals surface area contributed by atoms with Crippen molar-refractivity contribution < 1.29 is 5.11 Å². The maximum Gasteiger partial charge on any atom is 0.130 e. The molecule has 1 atom stereocenters. The highest BCUT2D eigenvalue weighted by molar-refractivity contribution is 5.75. The summed E-state index contributed by atoms with van der Waals surface area (Å²) in [6.45, 7) is 0.979. The van der Waals surface area contributed by atoms with E-state index < -0.39 is 5.60 Å². The molecule has 0 radical (unpaired) electrons. The van der Waals surface area contributed by atoms with Crippen molar-refractivity contribution in [2.24, 2.45) is 0 Å². The fraction of sp³-hybridized carbons (Fsp3) is 0.294. The molecular formula is C17H22BNO. The Morgan fingerprint density at radius 1 is 0.900 bits per heavy atom. The zero-order valence-corrected chi connectivity index (χ0v) is 10.9. The van der Waals surface area contributed by atoms with Gasteiger partial charge in [0.05, 0.1) is 8.41 Å². The lowest BCUT2D eigenvalue weighted by molar-refractivity contribution is 0.0442. The topological polar surface area (TPSA) is 32.3 Å². The predicted molar refractivity (Wildman–Crippen MR) is 86.8 cm³/mol. The molecule has 2 N–H and O–H groups in total. The van der Waals surface area contributed by atoms with E-state index in [9.17, 15) is 5.11 Å². The number of hydrogen-bond acceptors (Lipinski definition) is 2. The number of hydrogen-bond donors (Lipinski definition) is 2. The molecule has 0 saturated carbocycles. The lowest BCUT2D eigenvalue weighted by Crippen LogP contribution is -2.46. The van der Waals surface area contributed by atoms with E-state index >= 15 is 0 Å². The third-order valence-corrected chi connectivity index (χ3v) is 3.99. The fourth-order valence-corrected chi connectivity index (χ4v) is 2.99. The first kappa shape index (κ1) is 14.8. The van der Waals surface area contributed by atoms with Crippen LogP contribution in [-0.2, 0) is 5.60 Å². The molecule has 104 valence electrons. The summed E-state index contributed by atoms with van der Waals surface area (Å²) in [5.41, 5.74) is 0.972. The van der Waals surface area contributed by atoms with Crippen LogP contribution in [0, 0.1) is 0 Å². The van der Waals surface area contributed by atoms with E-state index in [2.05, 4.69) is 5.32 Å². The summed E-state index contributed by atoms with van der Waals surface area (Å²) in [5.74, 6) is 0. The summed E-state index contributed by atoms with van der Waals surface area (Å²) in [7, 11) is 0. The Morgan fingerprint density at radius 3 is 1.80 bits per heavy atom. The van der Waals surface area contributed by atoms with Gasteiger partial charge in [0.2, 0.25) is 0 Å². The van der Waals surface area contributed by atoms with Crippen LogP contribution in [0.25, 0.3) is 0 Å². The van der Waals surface area contributed by atoms with Crippen molar-refractivity contribution >= 4 is 8.41 Å². The van der Waals surface area contributed by atoms with E-state index in [1.54, 1.807) is 0 Å². The average molecular weight is 267 g/mol. The lowest BCUT2D eigenvalue weighted by Gasteiger charge is -2.35. The minimum atomic E-state index is -0.945. The largest absolute Gasteiger partial charge is 0.379 e. The Balaban J connectivity index is 0.00000147. The molecule has 1 aliphatic rings. The van der Waals surface area contributed by atoms with Gasteiger partial charge in [0.15, 0.2) is 0 Å².